The third kappa shape index (κ3) is 6.83. The topological polar surface area (TPSA) is 107 Å². The molecule has 0 aliphatic carbocycles. The van der Waals surface area contributed by atoms with Crippen molar-refractivity contribution in [3.63, 3.8) is 0 Å². The van der Waals surface area contributed by atoms with Crippen molar-refractivity contribution in [2.75, 3.05) is 25.1 Å². The minimum atomic E-state index is -5.13. The number of aryl methyl sites for hydroxylation is 1. The Morgan fingerprint density at radius 1 is 1.11 bits per heavy atom. The molecule has 0 bridgehead atoms. The fraction of sp³-hybridized carbons (Fsp3) is 0.579. The monoisotopic (exact) mass is 545 g/mol. The molecule has 10 nitrogen and oxygen atoms in total. The average molecular weight is 546 g/mol. The lowest BCUT2D eigenvalue weighted by Gasteiger charge is -2.26. The minimum absolute atomic E-state index is 0.0468. The molecule has 0 aliphatic heterocycles. The van der Waals surface area contributed by atoms with Crippen molar-refractivity contribution in [2.45, 2.75) is 52.1 Å². The Labute approximate surface area is 203 Å². The third-order valence-electron chi connectivity index (χ3n) is 4.60. The van der Waals surface area contributed by atoms with Crippen LogP contribution in [-0.2, 0) is 27.1 Å². The SMILES string of the molecule is CCCN(CCC)c1cc(N=S(=O)(OF)C(F)F)c(N=Nc2nc(C(F)(F)F)nn2CC)cc1OC. The molecule has 0 N–H and O–H groups in total. The Balaban J connectivity index is 2.76. The Bertz CT molecular complexity index is 1170. The summed E-state index contributed by atoms with van der Waals surface area (Å²) in [5, 5.41) is 10.7. The first kappa shape index (κ1) is 29.3. The van der Waals surface area contributed by atoms with Gasteiger partial charge < -0.3 is 9.64 Å². The van der Waals surface area contributed by atoms with Crippen molar-refractivity contribution in [3.8, 4) is 5.75 Å². The predicted molar refractivity (Wildman–Crippen MR) is 119 cm³/mol. The average Bonchev–Trinajstić information content (AvgIpc) is 3.26. The number of aromatic nitrogens is 3. The minimum Gasteiger partial charge on any atom is -0.494 e. The molecule has 2 aromatic rings. The van der Waals surface area contributed by atoms with Crippen LogP contribution in [-0.4, -0.2) is 44.9 Å². The quantitative estimate of drug-likeness (QED) is 0.222. The number of hydrogen-bond acceptors (Lipinski definition) is 9. The van der Waals surface area contributed by atoms with E-state index >= 15 is 0 Å². The number of azo groups is 1. The second kappa shape index (κ2) is 12.3. The summed E-state index contributed by atoms with van der Waals surface area (Å²) >= 11 is 0. The van der Waals surface area contributed by atoms with Gasteiger partial charge in [-0.05, 0) is 30.4 Å². The molecule has 0 saturated carbocycles. The third-order valence-corrected chi connectivity index (χ3v) is 5.68. The van der Waals surface area contributed by atoms with Crippen LogP contribution in [0.2, 0.25) is 0 Å². The highest BCUT2D eigenvalue weighted by molar-refractivity contribution is 7.89. The zero-order chi connectivity index (χ0) is 27.1. The van der Waals surface area contributed by atoms with Gasteiger partial charge in [0.1, 0.15) is 17.1 Å². The second-order valence-electron chi connectivity index (χ2n) is 7.18. The fourth-order valence-corrected chi connectivity index (χ4v) is 3.64. The molecular weight excluding hydrogens is 520 g/mol. The molecule has 202 valence electrons. The van der Waals surface area contributed by atoms with Gasteiger partial charge in [-0.3, -0.25) is 0 Å². The number of ether oxygens (including phenoxy) is 1. The molecule has 0 radical (unpaired) electrons. The van der Waals surface area contributed by atoms with E-state index in [0.717, 1.165) is 4.68 Å². The van der Waals surface area contributed by atoms with E-state index in [9.17, 15) is 30.7 Å². The normalized spacial score (nSPS) is 13.9. The van der Waals surface area contributed by atoms with Crippen LogP contribution >= 0.6 is 0 Å². The lowest BCUT2D eigenvalue weighted by Crippen LogP contribution is -2.25. The van der Waals surface area contributed by atoms with Gasteiger partial charge in [0.2, 0.25) is 0 Å². The highest BCUT2D eigenvalue weighted by Gasteiger charge is 2.37. The lowest BCUT2D eigenvalue weighted by atomic mass is 10.2. The van der Waals surface area contributed by atoms with Crippen LogP contribution in [0.25, 0.3) is 0 Å². The van der Waals surface area contributed by atoms with Gasteiger partial charge in [0.15, 0.2) is 0 Å². The number of benzene rings is 1. The molecule has 36 heavy (non-hydrogen) atoms. The maximum atomic E-state index is 13.3. The Hall–Kier alpha value is -2.95. The molecule has 2 rings (SSSR count). The van der Waals surface area contributed by atoms with E-state index in [1.54, 1.807) is 0 Å². The molecule has 1 atom stereocenters. The van der Waals surface area contributed by atoms with Crippen LogP contribution in [0.4, 0.5) is 49.5 Å². The summed E-state index contributed by atoms with van der Waals surface area (Å²) in [6.45, 7) is 6.29. The maximum Gasteiger partial charge on any atom is 0.453 e. The highest BCUT2D eigenvalue weighted by Crippen LogP contribution is 2.42. The summed E-state index contributed by atoms with van der Waals surface area (Å²) in [6.07, 6.45) is -3.45. The summed E-state index contributed by atoms with van der Waals surface area (Å²) in [6, 6.07) is 2.38. The molecule has 0 spiro atoms. The van der Waals surface area contributed by atoms with Crippen LogP contribution in [0.5, 0.6) is 5.75 Å². The van der Waals surface area contributed by atoms with E-state index in [4.69, 9.17) is 4.74 Å². The summed E-state index contributed by atoms with van der Waals surface area (Å²) in [5.74, 6) is -5.65. The van der Waals surface area contributed by atoms with Crippen molar-refractivity contribution < 1.29 is 39.8 Å². The van der Waals surface area contributed by atoms with Crippen LogP contribution in [0.1, 0.15) is 39.4 Å². The molecule has 1 aromatic heterocycles. The van der Waals surface area contributed by atoms with Crippen LogP contribution in [0, 0.1) is 0 Å². The number of alkyl halides is 5. The van der Waals surface area contributed by atoms with E-state index in [2.05, 4.69) is 29.1 Å². The summed E-state index contributed by atoms with van der Waals surface area (Å²) in [4.78, 5) is 5.12. The smallest absolute Gasteiger partial charge is 0.453 e. The standard InChI is InChI=1S/C19H25F6N7O3S/c1-5-8-31(9-6-2)14-10-13(30-36(33,35-25)17(20)21)12(11-15(14)34-4)27-28-18-26-16(19(22,23)24)29-32(18)7-3/h10-11,17H,5-9H2,1-4H3. The maximum absolute atomic E-state index is 13.3. The zero-order valence-electron chi connectivity index (χ0n) is 19.8. The summed E-state index contributed by atoms with van der Waals surface area (Å²) < 4.78 is 103. The highest BCUT2D eigenvalue weighted by atomic mass is 32.2. The van der Waals surface area contributed by atoms with Crippen LogP contribution in [0.3, 0.4) is 0 Å². The van der Waals surface area contributed by atoms with E-state index in [-0.39, 0.29) is 18.0 Å². The van der Waals surface area contributed by atoms with Gasteiger partial charge in [0.25, 0.3) is 21.8 Å². The number of rotatable bonds is 12. The van der Waals surface area contributed by atoms with Crippen LogP contribution < -0.4 is 9.64 Å². The van der Waals surface area contributed by atoms with Gasteiger partial charge >= 0.3 is 11.9 Å². The predicted octanol–water partition coefficient (Wildman–Crippen LogP) is 6.51. The first-order valence-electron chi connectivity index (χ1n) is 10.7. The molecule has 0 aliphatic rings. The summed E-state index contributed by atoms with van der Waals surface area (Å²) in [5.41, 5.74) is -0.536. The van der Waals surface area contributed by atoms with E-state index in [1.165, 1.54) is 26.2 Å². The van der Waals surface area contributed by atoms with Gasteiger partial charge in [-0.2, -0.15) is 31.3 Å². The number of methoxy groups -OCH3 is 1. The molecule has 1 heterocycles. The van der Waals surface area contributed by atoms with Crippen molar-refractivity contribution in [1.29, 1.82) is 0 Å². The largest absolute Gasteiger partial charge is 0.494 e. The Morgan fingerprint density at radius 3 is 2.22 bits per heavy atom. The van der Waals surface area contributed by atoms with Gasteiger partial charge in [-0.1, -0.05) is 18.2 Å². The van der Waals surface area contributed by atoms with Gasteiger partial charge in [0.05, 0.1) is 12.8 Å². The second-order valence-corrected chi connectivity index (χ2v) is 8.87. The molecule has 0 fully saturated rings. The number of anilines is 1. The number of halogens is 6. The van der Waals surface area contributed by atoms with Crippen molar-refractivity contribution >= 4 is 33.0 Å². The Kier molecular flexibility index (Phi) is 10.0. The van der Waals surface area contributed by atoms with E-state index in [1.807, 2.05) is 18.7 Å². The molecule has 17 heteroatoms. The van der Waals surface area contributed by atoms with Crippen molar-refractivity contribution in [2.24, 2.45) is 14.6 Å². The lowest BCUT2D eigenvalue weighted by molar-refractivity contribution is -0.144. The number of hydrogen-bond donors (Lipinski definition) is 0. The number of nitrogens with zero attached hydrogens (tertiary/aromatic N) is 7. The van der Waals surface area contributed by atoms with Gasteiger partial charge in [0, 0.05) is 25.7 Å². The zero-order valence-corrected chi connectivity index (χ0v) is 20.6. The van der Waals surface area contributed by atoms with Crippen LogP contribution in [0.15, 0.2) is 26.7 Å². The van der Waals surface area contributed by atoms with Gasteiger partial charge in [-0.25, -0.2) is 8.89 Å². The van der Waals surface area contributed by atoms with Gasteiger partial charge in [-0.15, -0.1) is 15.3 Å². The van der Waals surface area contributed by atoms with E-state index in [0.29, 0.717) is 31.6 Å². The first-order valence-corrected chi connectivity index (χ1v) is 12.2. The first-order chi connectivity index (χ1) is 16.9. The molecule has 0 amide bonds. The van der Waals surface area contributed by atoms with E-state index < -0.39 is 39.4 Å². The molecule has 1 aromatic carbocycles. The summed E-state index contributed by atoms with van der Waals surface area (Å²) in [7, 11) is -3.81. The molecular formula is C19H25F6N7O3S. The molecule has 0 saturated heterocycles. The van der Waals surface area contributed by atoms with Crippen molar-refractivity contribution in [3.05, 3.63) is 18.0 Å². The van der Waals surface area contributed by atoms with Crippen molar-refractivity contribution in [1.82, 2.24) is 14.8 Å². The Morgan fingerprint density at radius 2 is 1.75 bits per heavy atom. The fourth-order valence-electron chi connectivity index (χ4n) is 3.06. The molecule has 1 unspecified atom stereocenters.